The van der Waals surface area contributed by atoms with Crippen molar-refractivity contribution in [3.63, 3.8) is 0 Å². The third kappa shape index (κ3) is 3.10. The Kier molecular flexibility index (Phi) is 4.27. The second kappa shape index (κ2) is 6.39. The summed E-state index contributed by atoms with van der Waals surface area (Å²) in [6, 6.07) is 11.4. The first-order valence-corrected chi connectivity index (χ1v) is 7.91. The number of fused-ring (bicyclic) bond motifs is 1. The van der Waals surface area contributed by atoms with Crippen LogP contribution in [0.1, 0.15) is 35.8 Å². The fourth-order valence-corrected chi connectivity index (χ4v) is 2.69. The van der Waals surface area contributed by atoms with Crippen LogP contribution in [0, 0.1) is 6.92 Å². The third-order valence-electron chi connectivity index (χ3n) is 4.19. The first kappa shape index (κ1) is 16.7. The Balaban J connectivity index is 1.96. The highest BCUT2D eigenvalue weighted by atomic mass is 16.4. The lowest BCUT2D eigenvalue weighted by Crippen LogP contribution is -2.29. The number of nitrogens with zero attached hydrogens (tertiary/aromatic N) is 1. The fourth-order valence-electron chi connectivity index (χ4n) is 2.69. The highest BCUT2D eigenvalue weighted by molar-refractivity contribution is 5.98. The SMILES string of the molecule is CC(=O)c1ccc2c(c1)oc(=O)n2C(C)C(=O)Nc1ccccc1C. The predicted molar refractivity (Wildman–Crippen MR) is 95.0 cm³/mol. The van der Waals surface area contributed by atoms with Crippen LogP contribution in [0.3, 0.4) is 0 Å². The fraction of sp³-hybridized carbons (Fsp3) is 0.211. The van der Waals surface area contributed by atoms with E-state index in [4.69, 9.17) is 4.42 Å². The van der Waals surface area contributed by atoms with Gasteiger partial charge in [-0.25, -0.2) is 4.79 Å². The maximum Gasteiger partial charge on any atom is 0.420 e. The number of anilines is 1. The molecule has 1 aromatic heterocycles. The summed E-state index contributed by atoms with van der Waals surface area (Å²) >= 11 is 0. The molecule has 25 heavy (non-hydrogen) atoms. The van der Waals surface area contributed by atoms with Crippen molar-refractivity contribution >= 4 is 28.5 Å². The van der Waals surface area contributed by atoms with Gasteiger partial charge in [-0.15, -0.1) is 0 Å². The van der Waals surface area contributed by atoms with Gasteiger partial charge in [0.05, 0.1) is 5.52 Å². The van der Waals surface area contributed by atoms with Gasteiger partial charge in [-0.05, 0) is 50.6 Å². The highest BCUT2D eigenvalue weighted by Crippen LogP contribution is 2.21. The number of carbonyl (C=O) groups excluding carboxylic acids is 2. The molecule has 0 aliphatic rings. The zero-order valence-corrected chi connectivity index (χ0v) is 14.2. The Morgan fingerprint density at radius 3 is 2.56 bits per heavy atom. The lowest BCUT2D eigenvalue weighted by molar-refractivity contribution is -0.118. The topological polar surface area (TPSA) is 81.3 Å². The summed E-state index contributed by atoms with van der Waals surface area (Å²) in [6.45, 7) is 4.96. The van der Waals surface area contributed by atoms with Crippen LogP contribution in [0.2, 0.25) is 0 Å². The molecule has 0 aliphatic heterocycles. The van der Waals surface area contributed by atoms with E-state index in [1.807, 2.05) is 25.1 Å². The number of ketones is 1. The Morgan fingerprint density at radius 1 is 1.16 bits per heavy atom. The molecule has 0 radical (unpaired) electrons. The van der Waals surface area contributed by atoms with Crippen LogP contribution in [0.5, 0.6) is 0 Å². The van der Waals surface area contributed by atoms with E-state index in [9.17, 15) is 14.4 Å². The molecule has 0 aliphatic carbocycles. The van der Waals surface area contributed by atoms with Gasteiger partial charge in [-0.1, -0.05) is 18.2 Å². The Bertz CT molecular complexity index is 1030. The van der Waals surface area contributed by atoms with E-state index >= 15 is 0 Å². The predicted octanol–water partition coefficient (Wildman–Crippen LogP) is 3.31. The molecule has 1 unspecified atom stereocenters. The van der Waals surface area contributed by atoms with E-state index in [-0.39, 0.29) is 17.3 Å². The largest absolute Gasteiger partial charge is 0.420 e. The second-order valence-electron chi connectivity index (χ2n) is 5.96. The van der Waals surface area contributed by atoms with Crippen LogP contribution in [0.15, 0.2) is 51.7 Å². The zero-order chi connectivity index (χ0) is 18.1. The maximum atomic E-state index is 12.6. The van der Waals surface area contributed by atoms with Crippen LogP contribution in [-0.4, -0.2) is 16.3 Å². The van der Waals surface area contributed by atoms with Gasteiger partial charge in [0.2, 0.25) is 5.91 Å². The molecule has 128 valence electrons. The van der Waals surface area contributed by atoms with Crippen molar-refractivity contribution in [2.24, 2.45) is 0 Å². The van der Waals surface area contributed by atoms with Crippen molar-refractivity contribution in [2.75, 3.05) is 5.32 Å². The summed E-state index contributed by atoms with van der Waals surface area (Å²) in [6.07, 6.45) is 0. The van der Waals surface area contributed by atoms with Crippen LogP contribution in [0.4, 0.5) is 5.69 Å². The van der Waals surface area contributed by atoms with E-state index in [1.54, 1.807) is 25.1 Å². The van der Waals surface area contributed by atoms with Crippen LogP contribution >= 0.6 is 0 Å². The number of para-hydroxylation sites is 1. The number of hydrogen-bond acceptors (Lipinski definition) is 4. The number of benzene rings is 2. The van der Waals surface area contributed by atoms with Crippen molar-refractivity contribution in [3.8, 4) is 0 Å². The minimum absolute atomic E-state index is 0.123. The molecule has 2 aromatic carbocycles. The molecule has 6 nitrogen and oxygen atoms in total. The summed E-state index contributed by atoms with van der Waals surface area (Å²) in [5.74, 6) is -1.08. The zero-order valence-electron chi connectivity index (χ0n) is 14.2. The molecule has 0 saturated heterocycles. The van der Waals surface area contributed by atoms with Crippen LogP contribution in [-0.2, 0) is 4.79 Å². The smallest absolute Gasteiger partial charge is 0.408 e. The monoisotopic (exact) mass is 338 g/mol. The second-order valence-corrected chi connectivity index (χ2v) is 5.96. The van der Waals surface area contributed by atoms with E-state index in [0.29, 0.717) is 16.8 Å². The average molecular weight is 338 g/mol. The van der Waals surface area contributed by atoms with Crippen molar-refractivity contribution in [1.82, 2.24) is 4.57 Å². The molecule has 1 amide bonds. The first-order chi connectivity index (χ1) is 11.9. The van der Waals surface area contributed by atoms with E-state index < -0.39 is 11.8 Å². The summed E-state index contributed by atoms with van der Waals surface area (Å²) in [4.78, 5) is 36.3. The number of carbonyl (C=O) groups is 2. The summed E-state index contributed by atoms with van der Waals surface area (Å²) in [5, 5.41) is 2.83. The number of rotatable bonds is 4. The van der Waals surface area contributed by atoms with Gasteiger partial charge in [0.1, 0.15) is 6.04 Å². The molecule has 1 heterocycles. The van der Waals surface area contributed by atoms with Crippen molar-refractivity contribution in [2.45, 2.75) is 26.8 Å². The number of Topliss-reactive ketones (excluding diaryl/α,β-unsaturated/α-hetero) is 1. The first-order valence-electron chi connectivity index (χ1n) is 7.91. The van der Waals surface area contributed by atoms with Gasteiger partial charge in [0.15, 0.2) is 11.4 Å². The number of aromatic nitrogens is 1. The quantitative estimate of drug-likeness (QED) is 0.740. The van der Waals surface area contributed by atoms with E-state index in [2.05, 4.69) is 5.32 Å². The van der Waals surface area contributed by atoms with Gasteiger partial charge in [0.25, 0.3) is 0 Å². The molecule has 1 atom stereocenters. The average Bonchev–Trinajstić information content (AvgIpc) is 2.90. The standard InChI is InChI=1S/C19H18N2O4/c1-11-6-4-5-7-15(11)20-18(23)12(2)21-16-9-8-14(13(3)22)10-17(16)25-19(21)24/h4-10,12H,1-3H3,(H,20,23). The normalized spacial score (nSPS) is 12.1. The van der Waals surface area contributed by atoms with Crippen LogP contribution in [0.25, 0.3) is 11.1 Å². The van der Waals surface area contributed by atoms with E-state index in [0.717, 1.165) is 5.56 Å². The van der Waals surface area contributed by atoms with Crippen molar-refractivity contribution < 1.29 is 14.0 Å². The number of nitrogens with one attached hydrogen (secondary N) is 1. The lowest BCUT2D eigenvalue weighted by Gasteiger charge is -2.14. The van der Waals surface area contributed by atoms with Gasteiger partial charge < -0.3 is 9.73 Å². The molecular formula is C19H18N2O4. The minimum Gasteiger partial charge on any atom is -0.408 e. The minimum atomic E-state index is -0.767. The van der Waals surface area contributed by atoms with Gasteiger partial charge >= 0.3 is 5.76 Å². The van der Waals surface area contributed by atoms with Crippen molar-refractivity contribution in [3.05, 3.63) is 64.1 Å². The molecule has 0 spiro atoms. The summed E-state index contributed by atoms with van der Waals surface area (Å²) in [5.41, 5.74) is 2.83. The molecule has 1 N–H and O–H groups in total. The molecule has 0 bridgehead atoms. The number of amides is 1. The molecule has 0 fully saturated rings. The number of aryl methyl sites for hydroxylation is 1. The van der Waals surface area contributed by atoms with Gasteiger partial charge in [-0.2, -0.15) is 0 Å². The summed E-state index contributed by atoms with van der Waals surface area (Å²) in [7, 11) is 0. The number of hydrogen-bond donors (Lipinski definition) is 1. The number of oxazole rings is 1. The maximum absolute atomic E-state index is 12.6. The Labute approximate surface area is 144 Å². The molecular weight excluding hydrogens is 320 g/mol. The van der Waals surface area contributed by atoms with Crippen molar-refractivity contribution in [1.29, 1.82) is 0 Å². The summed E-state index contributed by atoms with van der Waals surface area (Å²) < 4.78 is 6.49. The Morgan fingerprint density at radius 2 is 1.88 bits per heavy atom. The molecule has 3 rings (SSSR count). The van der Waals surface area contributed by atoms with Gasteiger partial charge in [-0.3, -0.25) is 14.2 Å². The van der Waals surface area contributed by atoms with Gasteiger partial charge in [0, 0.05) is 11.3 Å². The van der Waals surface area contributed by atoms with E-state index in [1.165, 1.54) is 17.6 Å². The highest BCUT2D eigenvalue weighted by Gasteiger charge is 2.22. The third-order valence-corrected chi connectivity index (χ3v) is 4.19. The van der Waals surface area contributed by atoms with Crippen LogP contribution < -0.4 is 11.1 Å². The molecule has 6 heteroatoms. The molecule has 3 aromatic rings. The Hall–Kier alpha value is -3.15. The molecule has 0 saturated carbocycles. The lowest BCUT2D eigenvalue weighted by atomic mass is 10.1.